The van der Waals surface area contributed by atoms with Crippen molar-refractivity contribution in [3.8, 4) is 0 Å². The maximum atomic E-state index is 13.3. The number of aromatic nitrogens is 2. The number of rotatable bonds is 5. The Bertz CT molecular complexity index is 1100. The molecule has 31 heavy (non-hydrogen) atoms. The molecule has 1 aliphatic rings. The zero-order chi connectivity index (χ0) is 22.0. The number of imidazole rings is 1. The molecule has 2 atom stereocenters. The van der Waals surface area contributed by atoms with Gasteiger partial charge in [0.05, 0.1) is 22.1 Å². The number of nitrogens with zero attached hydrogens (tertiary/aromatic N) is 2. The van der Waals surface area contributed by atoms with Crippen molar-refractivity contribution in [1.82, 2.24) is 20.2 Å². The quantitative estimate of drug-likeness (QED) is 0.536. The molecule has 1 aromatic heterocycles. The lowest BCUT2D eigenvalue weighted by molar-refractivity contribution is -0.139. The van der Waals surface area contributed by atoms with E-state index in [1.165, 1.54) is 0 Å². The highest BCUT2D eigenvalue weighted by molar-refractivity contribution is 6.42. The number of aromatic amines is 1. The van der Waals surface area contributed by atoms with Crippen molar-refractivity contribution in [2.75, 3.05) is 6.54 Å². The number of hydrogen-bond acceptors (Lipinski definition) is 3. The molecule has 0 saturated carbocycles. The molecule has 2 heterocycles. The molecule has 3 aromatic rings. The van der Waals surface area contributed by atoms with E-state index in [1.54, 1.807) is 29.4 Å². The van der Waals surface area contributed by atoms with Crippen molar-refractivity contribution < 1.29 is 14.7 Å². The van der Waals surface area contributed by atoms with Gasteiger partial charge in [-0.2, -0.15) is 0 Å². The average molecular weight is 459 g/mol. The van der Waals surface area contributed by atoms with Crippen LogP contribution in [-0.4, -0.2) is 44.6 Å². The first-order valence-electron chi connectivity index (χ1n) is 9.75. The Morgan fingerprint density at radius 1 is 1.19 bits per heavy atom. The molecule has 0 radical (unpaired) electrons. The summed E-state index contributed by atoms with van der Waals surface area (Å²) in [7, 11) is 0. The van der Waals surface area contributed by atoms with Crippen LogP contribution in [0.4, 0.5) is 4.79 Å². The van der Waals surface area contributed by atoms with E-state index >= 15 is 0 Å². The lowest BCUT2D eigenvalue weighted by atomic mass is 9.95. The van der Waals surface area contributed by atoms with Gasteiger partial charge in [0.1, 0.15) is 12.1 Å². The number of hydrogen-bond donors (Lipinski definition) is 3. The zero-order valence-corrected chi connectivity index (χ0v) is 17.9. The number of carbonyl (C=O) groups excluding carboxylic acids is 1. The van der Waals surface area contributed by atoms with E-state index in [1.807, 2.05) is 30.3 Å². The van der Waals surface area contributed by atoms with Gasteiger partial charge >= 0.3 is 12.0 Å². The Morgan fingerprint density at radius 3 is 2.71 bits per heavy atom. The van der Waals surface area contributed by atoms with Crippen LogP contribution in [0.15, 0.2) is 54.9 Å². The topological polar surface area (TPSA) is 98.3 Å². The van der Waals surface area contributed by atoms with E-state index in [2.05, 4.69) is 15.3 Å². The third-order valence-electron chi connectivity index (χ3n) is 5.34. The summed E-state index contributed by atoms with van der Waals surface area (Å²) in [6.07, 6.45) is 2.31. The molecular formula is C22H20Cl2N4O3. The number of fused-ring (bicyclic) bond motifs is 1. The normalized spacial score (nSPS) is 16.5. The predicted molar refractivity (Wildman–Crippen MR) is 117 cm³/mol. The molecule has 3 N–H and O–H groups in total. The minimum absolute atomic E-state index is 0.173. The van der Waals surface area contributed by atoms with Crippen LogP contribution in [0.2, 0.25) is 10.0 Å². The number of carboxylic acids is 1. The third kappa shape index (κ3) is 4.38. The lowest BCUT2D eigenvalue weighted by Crippen LogP contribution is -2.51. The first-order valence-corrected chi connectivity index (χ1v) is 10.5. The Labute approximate surface area is 189 Å². The number of carbonyl (C=O) groups is 2. The smallest absolute Gasteiger partial charge is 0.326 e. The summed E-state index contributed by atoms with van der Waals surface area (Å²) >= 11 is 12.7. The second kappa shape index (κ2) is 8.99. The van der Waals surface area contributed by atoms with Gasteiger partial charge in [-0.25, -0.2) is 14.6 Å². The molecule has 0 aliphatic carbocycles. The molecule has 0 saturated heterocycles. The average Bonchev–Trinajstić information content (AvgIpc) is 3.24. The van der Waals surface area contributed by atoms with Crippen LogP contribution in [0.3, 0.4) is 0 Å². The van der Waals surface area contributed by atoms with E-state index in [4.69, 9.17) is 23.2 Å². The van der Waals surface area contributed by atoms with Crippen LogP contribution in [-0.2, 0) is 17.6 Å². The second-order valence-corrected chi connectivity index (χ2v) is 8.07. The van der Waals surface area contributed by atoms with Gasteiger partial charge in [-0.15, -0.1) is 0 Å². The van der Waals surface area contributed by atoms with Crippen molar-refractivity contribution in [1.29, 1.82) is 0 Å². The molecule has 4 rings (SSSR count). The van der Waals surface area contributed by atoms with Crippen molar-refractivity contribution >= 4 is 35.2 Å². The first-order chi connectivity index (χ1) is 15.0. The Hall–Kier alpha value is -3.03. The standard InChI is InChI=1S/C22H20Cl2N4O3/c23-15-8-4-7-14(18(15)24)20-19-16(25-12-26-19)9-10-28(20)22(31)27-17(21(29)30)11-13-5-2-1-3-6-13/h1-8,12,17,20H,9-11H2,(H,25,26)(H,27,31)(H,29,30)/t17-,20?/m0/s1. The summed E-state index contributed by atoms with van der Waals surface area (Å²) in [4.78, 5) is 34.2. The van der Waals surface area contributed by atoms with Crippen molar-refractivity contribution in [2.24, 2.45) is 0 Å². The maximum absolute atomic E-state index is 13.3. The number of benzene rings is 2. The molecule has 1 unspecified atom stereocenters. The van der Waals surface area contributed by atoms with Crippen LogP contribution in [0.5, 0.6) is 0 Å². The fourth-order valence-electron chi connectivity index (χ4n) is 3.82. The van der Waals surface area contributed by atoms with Crippen molar-refractivity contribution in [3.63, 3.8) is 0 Å². The molecule has 0 fully saturated rings. The van der Waals surface area contributed by atoms with Gasteiger partial charge in [0.2, 0.25) is 0 Å². The van der Waals surface area contributed by atoms with Crippen molar-refractivity contribution in [3.05, 3.63) is 87.4 Å². The lowest BCUT2D eigenvalue weighted by Gasteiger charge is -2.36. The van der Waals surface area contributed by atoms with E-state index in [9.17, 15) is 14.7 Å². The van der Waals surface area contributed by atoms with E-state index < -0.39 is 24.1 Å². The minimum atomic E-state index is -1.10. The molecule has 2 aromatic carbocycles. The molecule has 9 heteroatoms. The number of H-pyrrole nitrogens is 1. The highest BCUT2D eigenvalue weighted by Crippen LogP contribution is 2.39. The molecular weight excluding hydrogens is 439 g/mol. The van der Waals surface area contributed by atoms with Gasteiger partial charge in [-0.1, -0.05) is 65.7 Å². The van der Waals surface area contributed by atoms with Crippen LogP contribution >= 0.6 is 23.2 Å². The molecule has 7 nitrogen and oxygen atoms in total. The van der Waals surface area contributed by atoms with E-state index in [-0.39, 0.29) is 6.42 Å². The summed E-state index contributed by atoms with van der Waals surface area (Å²) in [6, 6.07) is 12.2. The highest BCUT2D eigenvalue weighted by atomic mass is 35.5. The van der Waals surface area contributed by atoms with Gasteiger partial charge < -0.3 is 20.3 Å². The molecule has 2 amide bonds. The molecule has 0 bridgehead atoms. The Balaban J connectivity index is 1.64. The van der Waals surface area contributed by atoms with Crippen LogP contribution in [0, 0.1) is 0 Å². The predicted octanol–water partition coefficient (Wildman–Crippen LogP) is 4.07. The minimum Gasteiger partial charge on any atom is -0.480 e. The summed E-state index contributed by atoms with van der Waals surface area (Å²) in [5, 5.41) is 13.1. The monoisotopic (exact) mass is 458 g/mol. The third-order valence-corrected chi connectivity index (χ3v) is 6.17. The number of halogens is 2. The fraction of sp³-hybridized carbons (Fsp3) is 0.227. The largest absolute Gasteiger partial charge is 0.480 e. The number of nitrogens with one attached hydrogen (secondary N) is 2. The second-order valence-electron chi connectivity index (χ2n) is 7.29. The maximum Gasteiger partial charge on any atom is 0.326 e. The number of urea groups is 1. The SMILES string of the molecule is O=C(O)[C@H](Cc1ccccc1)NC(=O)N1CCc2[nH]cnc2C1c1cccc(Cl)c1Cl. The Morgan fingerprint density at radius 2 is 1.97 bits per heavy atom. The number of aliphatic carboxylic acids is 1. The van der Waals surface area contributed by atoms with Gasteiger partial charge in [0.15, 0.2) is 0 Å². The highest BCUT2D eigenvalue weighted by Gasteiger charge is 2.37. The van der Waals surface area contributed by atoms with Crippen molar-refractivity contribution in [2.45, 2.75) is 24.9 Å². The van der Waals surface area contributed by atoms with Crippen LogP contribution in [0.25, 0.3) is 0 Å². The number of carboxylic acid groups (broad SMARTS) is 1. The molecule has 1 aliphatic heterocycles. The Kier molecular flexibility index (Phi) is 6.15. The van der Waals surface area contributed by atoms with Gasteiger partial charge in [-0.05, 0) is 11.6 Å². The summed E-state index contributed by atoms with van der Waals surface area (Å²) in [5.74, 6) is -1.10. The first kappa shape index (κ1) is 21.2. The van der Waals surface area contributed by atoms with E-state index in [0.29, 0.717) is 34.3 Å². The van der Waals surface area contributed by atoms with Crippen LogP contribution < -0.4 is 5.32 Å². The molecule has 0 spiro atoms. The summed E-state index contributed by atoms with van der Waals surface area (Å²) in [5.41, 5.74) is 3.02. The summed E-state index contributed by atoms with van der Waals surface area (Å²) in [6.45, 7) is 0.367. The van der Waals surface area contributed by atoms with Gasteiger partial charge in [0, 0.05) is 30.6 Å². The zero-order valence-electron chi connectivity index (χ0n) is 16.4. The molecule has 160 valence electrons. The van der Waals surface area contributed by atoms with E-state index in [0.717, 1.165) is 11.3 Å². The number of amides is 2. The van der Waals surface area contributed by atoms with Crippen LogP contribution in [0.1, 0.15) is 28.6 Å². The van der Waals surface area contributed by atoms with Gasteiger partial charge in [-0.3, -0.25) is 0 Å². The fourth-order valence-corrected chi connectivity index (χ4v) is 4.24. The van der Waals surface area contributed by atoms with Gasteiger partial charge in [0.25, 0.3) is 0 Å². The summed E-state index contributed by atoms with van der Waals surface area (Å²) < 4.78 is 0.